The smallest absolute Gasteiger partial charge is 0.323 e. The van der Waals surface area contributed by atoms with Gasteiger partial charge < -0.3 is 19.6 Å². The van der Waals surface area contributed by atoms with E-state index in [-0.39, 0.29) is 0 Å². The predicted molar refractivity (Wildman–Crippen MR) is 100 cm³/mol. The number of pyridine rings is 1. The summed E-state index contributed by atoms with van der Waals surface area (Å²) in [6, 6.07) is 10.9. The Hall–Kier alpha value is -2.86. The molecule has 0 amide bonds. The Bertz CT molecular complexity index is 916. The first-order valence-electron chi connectivity index (χ1n) is 8.58. The van der Waals surface area contributed by atoms with Gasteiger partial charge in [0.15, 0.2) is 0 Å². The number of benzene rings is 1. The summed E-state index contributed by atoms with van der Waals surface area (Å²) in [4.78, 5) is 16.8. The van der Waals surface area contributed by atoms with Gasteiger partial charge in [-0.05, 0) is 49.7 Å². The molecular formula is C20H23N3O3. The van der Waals surface area contributed by atoms with E-state index < -0.39 is 12.0 Å². The topological polar surface area (TPSA) is 78.8 Å². The van der Waals surface area contributed by atoms with Crippen LogP contribution in [0.5, 0.6) is 5.75 Å². The molecule has 1 unspecified atom stereocenters. The third-order valence-electron chi connectivity index (χ3n) is 4.31. The first kappa shape index (κ1) is 17.9. The van der Waals surface area contributed by atoms with Crippen molar-refractivity contribution in [3.8, 4) is 17.0 Å². The molecule has 6 nitrogen and oxygen atoms in total. The fourth-order valence-electron chi connectivity index (χ4n) is 2.97. The second-order valence-electron chi connectivity index (χ2n) is 6.08. The maximum Gasteiger partial charge on any atom is 0.323 e. The number of imidazole rings is 1. The quantitative estimate of drug-likeness (QED) is 0.690. The summed E-state index contributed by atoms with van der Waals surface area (Å²) >= 11 is 0. The zero-order chi connectivity index (χ0) is 18.7. The van der Waals surface area contributed by atoms with Crippen molar-refractivity contribution in [3.63, 3.8) is 0 Å². The molecule has 2 heterocycles. The summed E-state index contributed by atoms with van der Waals surface area (Å²) in [6.45, 7) is 4.09. The van der Waals surface area contributed by atoms with E-state index in [1.807, 2.05) is 53.9 Å². The van der Waals surface area contributed by atoms with E-state index in [2.05, 4.69) is 0 Å². The molecule has 0 aliphatic heterocycles. The average molecular weight is 353 g/mol. The third kappa shape index (κ3) is 3.41. The number of nitrogens with two attached hydrogens (primary N) is 1. The first-order chi connectivity index (χ1) is 12.5. The molecule has 1 aromatic carbocycles. The van der Waals surface area contributed by atoms with Gasteiger partial charge in [-0.25, -0.2) is 4.98 Å². The van der Waals surface area contributed by atoms with Crippen LogP contribution in [-0.4, -0.2) is 35.1 Å². The lowest BCUT2D eigenvalue weighted by molar-refractivity contribution is -0.144. The van der Waals surface area contributed by atoms with Crippen molar-refractivity contribution in [1.82, 2.24) is 9.38 Å². The van der Waals surface area contributed by atoms with Gasteiger partial charge >= 0.3 is 5.97 Å². The number of carbonyl (C=O) groups is 1. The minimum atomic E-state index is -0.743. The van der Waals surface area contributed by atoms with Gasteiger partial charge in [0.05, 0.1) is 25.1 Å². The maximum atomic E-state index is 12.0. The number of carbonyl (C=O) groups excluding carboxylic acids is 1. The van der Waals surface area contributed by atoms with Crippen molar-refractivity contribution in [2.24, 2.45) is 5.73 Å². The Labute approximate surface area is 152 Å². The Kier molecular flexibility index (Phi) is 5.23. The number of hydrogen-bond donors (Lipinski definition) is 1. The van der Waals surface area contributed by atoms with Gasteiger partial charge in [-0.1, -0.05) is 6.07 Å². The number of methoxy groups -OCH3 is 1. The summed E-state index contributed by atoms with van der Waals surface area (Å²) in [5, 5.41) is 0. The Morgan fingerprint density at radius 3 is 2.65 bits per heavy atom. The largest absolute Gasteiger partial charge is 0.497 e. The van der Waals surface area contributed by atoms with Crippen molar-refractivity contribution in [2.45, 2.75) is 26.3 Å². The number of esters is 1. The fraction of sp³-hybridized carbons (Fsp3) is 0.300. The van der Waals surface area contributed by atoms with E-state index in [0.717, 1.165) is 33.9 Å². The summed E-state index contributed by atoms with van der Waals surface area (Å²) in [5.41, 5.74) is 10.6. The highest BCUT2D eigenvalue weighted by Gasteiger charge is 2.22. The van der Waals surface area contributed by atoms with Gasteiger partial charge in [0.2, 0.25) is 0 Å². The molecule has 26 heavy (non-hydrogen) atoms. The van der Waals surface area contributed by atoms with Gasteiger partial charge in [-0.15, -0.1) is 0 Å². The Balaban J connectivity index is 2.09. The molecule has 2 N–H and O–H groups in total. The van der Waals surface area contributed by atoms with E-state index in [9.17, 15) is 4.79 Å². The van der Waals surface area contributed by atoms with E-state index in [1.54, 1.807) is 14.0 Å². The van der Waals surface area contributed by atoms with E-state index in [0.29, 0.717) is 13.0 Å². The molecule has 0 spiro atoms. The van der Waals surface area contributed by atoms with Crippen LogP contribution in [0.3, 0.4) is 0 Å². The number of fused-ring (bicyclic) bond motifs is 1. The lowest BCUT2D eigenvalue weighted by atomic mass is 10.1. The molecule has 136 valence electrons. The van der Waals surface area contributed by atoms with E-state index in [1.165, 1.54) is 0 Å². The van der Waals surface area contributed by atoms with Crippen molar-refractivity contribution in [1.29, 1.82) is 0 Å². The highest BCUT2D eigenvalue weighted by atomic mass is 16.5. The molecule has 0 saturated carbocycles. The summed E-state index contributed by atoms with van der Waals surface area (Å²) in [6.07, 6.45) is 2.28. The summed E-state index contributed by atoms with van der Waals surface area (Å²) in [7, 11) is 1.63. The van der Waals surface area contributed by atoms with E-state index >= 15 is 0 Å². The number of nitrogens with zero attached hydrogens (tertiary/aromatic N) is 2. The molecule has 0 bridgehead atoms. The zero-order valence-corrected chi connectivity index (χ0v) is 15.2. The SMILES string of the molecule is CCOC(=O)C(N)Cc1c(-c2ccc(OC)cc2)nc2c(C)cccn12. The Morgan fingerprint density at radius 1 is 1.27 bits per heavy atom. The Morgan fingerprint density at radius 2 is 2.00 bits per heavy atom. The van der Waals surface area contributed by atoms with Gasteiger partial charge in [0, 0.05) is 18.2 Å². The van der Waals surface area contributed by atoms with Crippen molar-refractivity contribution < 1.29 is 14.3 Å². The van der Waals surface area contributed by atoms with E-state index in [4.69, 9.17) is 20.2 Å². The number of aromatic nitrogens is 2. The van der Waals surface area contributed by atoms with Crippen molar-refractivity contribution in [2.75, 3.05) is 13.7 Å². The molecule has 0 radical (unpaired) electrons. The maximum absolute atomic E-state index is 12.0. The van der Waals surface area contributed by atoms with Crippen LogP contribution in [0.2, 0.25) is 0 Å². The van der Waals surface area contributed by atoms with Crippen LogP contribution >= 0.6 is 0 Å². The molecule has 0 aliphatic rings. The average Bonchev–Trinajstić information content (AvgIpc) is 3.02. The predicted octanol–water partition coefficient (Wildman–Crippen LogP) is 2.75. The van der Waals surface area contributed by atoms with Gasteiger partial charge in [-0.3, -0.25) is 4.79 Å². The lowest BCUT2D eigenvalue weighted by Gasteiger charge is -2.12. The number of ether oxygens (including phenoxy) is 2. The fourth-order valence-corrected chi connectivity index (χ4v) is 2.97. The second kappa shape index (κ2) is 7.58. The monoisotopic (exact) mass is 353 g/mol. The molecule has 2 aromatic heterocycles. The standard InChI is InChI=1S/C20H23N3O3/c1-4-26-20(24)16(21)12-17-18(14-7-9-15(25-3)10-8-14)22-19-13(2)6-5-11-23(17)19/h5-11,16H,4,12,21H2,1-3H3. The number of aryl methyl sites for hydroxylation is 1. The molecule has 3 rings (SSSR count). The van der Waals surface area contributed by atoms with Crippen molar-refractivity contribution >= 4 is 11.6 Å². The normalized spacial score (nSPS) is 12.2. The second-order valence-corrected chi connectivity index (χ2v) is 6.08. The van der Waals surface area contributed by atoms with Crippen LogP contribution in [0.25, 0.3) is 16.9 Å². The molecule has 6 heteroatoms. The molecule has 3 aromatic rings. The highest BCUT2D eigenvalue weighted by Crippen LogP contribution is 2.28. The van der Waals surface area contributed by atoms with Gasteiger partial charge in [0.1, 0.15) is 17.4 Å². The summed E-state index contributed by atoms with van der Waals surface area (Å²) in [5.74, 6) is 0.370. The van der Waals surface area contributed by atoms with Crippen LogP contribution in [0.1, 0.15) is 18.2 Å². The van der Waals surface area contributed by atoms with Crippen LogP contribution < -0.4 is 10.5 Å². The van der Waals surface area contributed by atoms with Gasteiger partial charge in [-0.2, -0.15) is 0 Å². The van der Waals surface area contributed by atoms with Crippen LogP contribution in [0.4, 0.5) is 0 Å². The van der Waals surface area contributed by atoms with Crippen molar-refractivity contribution in [3.05, 3.63) is 53.9 Å². The number of hydrogen-bond acceptors (Lipinski definition) is 5. The molecule has 0 saturated heterocycles. The zero-order valence-electron chi connectivity index (χ0n) is 15.2. The number of rotatable bonds is 6. The third-order valence-corrected chi connectivity index (χ3v) is 4.31. The van der Waals surface area contributed by atoms with Gasteiger partial charge in [0.25, 0.3) is 0 Å². The minimum Gasteiger partial charge on any atom is -0.497 e. The minimum absolute atomic E-state index is 0.310. The van der Waals surface area contributed by atoms with Crippen LogP contribution in [0.15, 0.2) is 42.6 Å². The lowest BCUT2D eigenvalue weighted by Crippen LogP contribution is -2.34. The van der Waals surface area contributed by atoms with Crippen LogP contribution in [0, 0.1) is 6.92 Å². The highest BCUT2D eigenvalue weighted by molar-refractivity contribution is 5.77. The molecule has 0 fully saturated rings. The summed E-state index contributed by atoms with van der Waals surface area (Å²) < 4.78 is 12.3. The molecule has 0 aliphatic carbocycles. The first-order valence-corrected chi connectivity index (χ1v) is 8.58. The molecular weight excluding hydrogens is 330 g/mol. The molecule has 1 atom stereocenters. The van der Waals surface area contributed by atoms with Crippen LogP contribution in [-0.2, 0) is 16.0 Å².